The van der Waals surface area contributed by atoms with Crippen LogP contribution in [0.1, 0.15) is 44.0 Å². The maximum Gasteiger partial charge on any atom is 0.341 e. The van der Waals surface area contributed by atoms with Crippen LogP contribution in [0.15, 0.2) is 11.4 Å². The maximum atomic E-state index is 12.0. The number of carbonyl (C=O) groups is 3. The van der Waals surface area contributed by atoms with Crippen LogP contribution >= 0.6 is 11.3 Å². The van der Waals surface area contributed by atoms with E-state index in [2.05, 4.69) is 10.6 Å². The van der Waals surface area contributed by atoms with E-state index in [1.807, 2.05) is 0 Å². The molecular formula is C14H20N2O5S. The summed E-state index contributed by atoms with van der Waals surface area (Å²) < 4.78 is 4.91. The molecule has 1 heterocycles. The zero-order chi connectivity index (χ0) is 16.8. The lowest BCUT2D eigenvalue weighted by Gasteiger charge is -2.25. The molecule has 8 heteroatoms. The molecule has 0 saturated heterocycles. The van der Waals surface area contributed by atoms with Gasteiger partial charge in [0.05, 0.1) is 12.2 Å². The first-order valence-electron chi connectivity index (χ1n) is 6.80. The van der Waals surface area contributed by atoms with Crippen LogP contribution in [0, 0.1) is 0 Å². The number of carboxylic acids is 1. The number of urea groups is 1. The van der Waals surface area contributed by atoms with Crippen LogP contribution in [0.5, 0.6) is 0 Å². The van der Waals surface area contributed by atoms with Crippen LogP contribution in [-0.2, 0) is 9.53 Å². The molecule has 0 bridgehead atoms. The molecule has 0 unspecified atom stereocenters. The monoisotopic (exact) mass is 328 g/mol. The van der Waals surface area contributed by atoms with Crippen molar-refractivity contribution >= 4 is 34.3 Å². The summed E-state index contributed by atoms with van der Waals surface area (Å²) in [4.78, 5) is 34.3. The van der Waals surface area contributed by atoms with Crippen molar-refractivity contribution in [1.29, 1.82) is 0 Å². The second-order valence-electron chi connectivity index (χ2n) is 5.24. The van der Waals surface area contributed by atoms with Gasteiger partial charge in [0, 0.05) is 12.0 Å². The van der Waals surface area contributed by atoms with Crippen LogP contribution in [0.25, 0.3) is 0 Å². The lowest BCUT2D eigenvalue weighted by Crippen LogP contribution is -2.45. The number of aliphatic carboxylic acids is 1. The number of esters is 1. The molecule has 22 heavy (non-hydrogen) atoms. The SMILES string of the molecule is CCOC(=O)c1ccsc1NC(=O)NC(C)(C)CCC(=O)O. The van der Waals surface area contributed by atoms with E-state index in [1.165, 1.54) is 11.3 Å². The van der Waals surface area contributed by atoms with Crippen molar-refractivity contribution in [3.8, 4) is 0 Å². The van der Waals surface area contributed by atoms with E-state index in [1.54, 1.807) is 32.2 Å². The fourth-order valence-corrected chi connectivity index (χ4v) is 2.47. The van der Waals surface area contributed by atoms with E-state index in [0.717, 1.165) is 0 Å². The van der Waals surface area contributed by atoms with Gasteiger partial charge in [-0.3, -0.25) is 10.1 Å². The van der Waals surface area contributed by atoms with Gasteiger partial charge in [-0.2, -0.15) is 0 Å². The average Bonchev–Trinajstić information content (AvgIpc) is 2.84. The van der Waals surface area contributed by atoms with Gasteiger partial charge in [0.2, 0.25) is 0 Å². The fourth-order valence-electron chi connectivity index (χ4n) is 1.70. The van der Waals surface area contributed by atoms with Crippen molar-refractivity contribution in [3.63, 3.8) is 0 Å². The summed E-state index contributed by atoms with van der Waals surface area (Å²) in [5.74, 6) is -1.41. The second kappa shape index (κ2) is 7.79. The van der Waals surface area contributed by atoms with Crippen LogP contribution in [0.2, 0.25) is 0 Å². The van der Waals surface area contributed by atoms with Gasteiger partial charge in [-0.25, -0.2) is 9.59 Å². The number of hydrogen-bond acceptors (Lipinski definition) is 5. The lowest BCUT2D eigenvalue weighted by atomic mass is 9.99. The number of rotatable bonds is 7. The maximum absolute atomic E-state index is 12.0. The van der Waals surface area contributed by atoms with Gasteiger partial charge >= 0.3 is 18.0 Å². The summed E-state index contributed by atoms with van der Waals surface area (Å²) in [6.07, 6.45) is 0.255. The van der Waals surface area contributed by atoms with Gasteiger partial charge in [-0.05, 0) is 38.6 Å². The van der Waals surface area contributed by atoms with E-state index in [9.17, 15) is 14.4 Å². The first-order chi connectivity index (χ1) is 10.2. The predicted molar refractivity (Wildman–Crippen MR) is 83.4 cm³/mol. The quantitative estimate of drug-likeness (QED) is 0.667. The Hall–Kier alpha value is -2.09. The van der Waals surface area contributed by atoms with Gasteiger partial charge in [-0.1, -0.05) is 0 Å². The molecule has 0 aliphatic heterocycles. The highest BCUT2D eigenvalue weighted by atomic mass is 32.1. The zero-order valence-electron chi connectivity index (χ0n) is 12.8. The van der Waals surface area contributed by atoms with Crippen molar-refractivity contribution in [2.24, 2.45) is 0 Å². The summed E-state index contributed by atoms with van der Waals surface area (Å²) in [5.41, 5.74) is -0.380. The minimum atomic E-state index is -0.918. The van der Waals surface area contributed by atoms with Gasteiger partial charge in [0.1, 0.15) is 5.00 Å². The number of carboxylic acid groups (broad SMARTS) is 1. The first kappa shape index (κ1) is 18.0. The van der Waals surface area contributed by atoms with Crippen molar-refractivity contribution in [2.45, 2.75) is 39.2 Å². The molecule has 1 aromatic rings. The topological polar surface area (TPSA) is 105 Å². The predicted octanol–water partition coefficient (Wildman–Crippen LogP) is 2.69. The van der Waals surface area contributed by atoms with Crippen LogP contribution in [-0.4, -0.2) is 35.2 Å². The molecule has 0 saturated carbocycles. The Kier molecular flexibility index (Phi) is 6.36. The molecule has 2 amide bonds. The van der Waals surface area contributed by atoms with Crippen molar-refractivity contribution in [1.82, 2.24) is 5.32 Å². The molecule has 122 valence electrons. The van der Waals surface area contributed by atoms with Gasteiger partial charge in [0.15, 0.2) is 0 Å². The molecule has 0 aliphatic carbocycles. The summed E-state index contributed by atoms with van der Waals surface area (Å²) in [6, 6.07) is 1.08. The number of carbonyl (C=O) groups excluding carboxylic acids is 2. The Balaban J connectivity index is 2.64. The number of nitrogens with one attached hydrogen (secondary N) is 2. The molecule has 0 aliphatic rings. The van der Waals surface area contributed by atoms with Gasteiger partial charge in [-0.15, -0.1) is 11.3 Å². The molecule has 0 aromatic carbocycles. The number of anilines is 1. The Bertz CT molecular complexity index is 553. The molecule has 0 spiro atoms. The highest BCUT2D eigenvalue weighted by Crippen LogP contribution is 2.24. The first-order valence-corrected chi connectivity index (χ1v) is 7.68. The van der Waals surface area contributed by atoms with E-state index in [0.29, 0.717) is 17.0 Å². The summed E-state index contributed by atoms with van der Waals surface area (Å²) >= 11 is 1.21. The number of ether oxygens (including phenoxy) is 1. The largest absolute Gasteiger partial charge is 0.481 e. The lowest BCUT2D eigenvalue weighted by molar-refractivity contribution is -0.137. The third kappa shape index (κ3) is 5.72. The second-order valence-corrected chi connectivity index (χ2v) is 6.16. The van der Waals surface area contributed by atoms with Crippen molar-refractivity contribution in [2.75, 3.05) is 11.9 Å². The third-order valence-electron chi connectivity index (χ3n) is 2.80. The molecule has 3 N–H and O–H groups in total. The minimum Gasteiger partial charge on any atom is -0.481 e. The van der Waals surface area contributed by atoms with Crippen molar-refractivity contribution < 1.29 is 24.2 Å². The fraction of sp³-hybridized carbons (Fsp3) is 0.500. The third-order valence-corrected chi connectivity index (χ3v) is 3.63. The molecule has 0 radical (unpaired) electrons. The summed E-state index contributed by atoms with van der Waals surface area (Å²) in [7, 11) is 0. The molecule has 0 atom stereocenters. The molecule has 7 nitrogen and oxygen atoms in total. The Morgan fingerprint density at radius 1 is 1.36 bits per heavy atom. The minimum absolute atomic E-state index is 0.0413. The van der Waals surface area contributed by atoms with Crippen LogP contribution < -0.4 is 10.6 Å². The van der Waals surface area contributed by atoms with E-state index < -0.39 is 23.5 Å². The van der Waals surface area contributed by atoms with Crippen LogP contribution in [0.3, 0.4) is 0 Å². The standard InChI is InChI=1S/C14H20N2O5S/c1-4-21-12(19)9-6-8-22-11(9)15-13(20)16-14(2,3)7-5-10(17)18/h6,8H,4-5,7H2,1-3H3,(H,17,18)(H2,15,16,20). The number of hydrogen-bond donors (Lipinski definition) is 3. The van der Waals surface area contributed by atoms with Gasteiger partial charge in [0.25, 0.3) is 0 Å². The van der Waals surface area contributed by atoms with Gasteiger partial charge < -0.3 is 15.2 Å². The molecule has 1 aromatic heterocycles. The van der Waals surface area contributed by atoms with E-state index >= 15 is 0 Å². The number of amides is 2. The zero-order valence-corrected chi connectivity index (χ0v) is 13.6. The summed E-state index contributed by atoms with van der Waals surface area (Å²) in [5, 5.41) is 16.0. The molecule has 1 rings (SSSR count). The Labute approximate surface area is 132 Å². The highest BCUT2D eigenvalue weighted by Gasteiger charge is 2.23. The average molecular weight is 328 g/mol. The highest BCUT2D eigenvalue weighted by molar-refractivity contribution is 7.14. The normalized spacial score (nSPS) is 10.9. The number of thiophene rings is 1. The van der Waals surface area contributed by atoms with Crippen LogP contribution in [0.4, 0.5) is 9.80 Å². The molecular weight excluding hydrogens is 308 g/mol. The Morgan fingerprint density at radius 3 is 2.64 bits per heavy atom. The van der Waals surface area contributed by atoms with E-state index in [-0.39, 0.29) is 13.0 Å². The van der Waals surface area contributed by atoms with Crippen molar-refractivity contribution in [3.05, 3.63) is 17.0 Å². The van der Waals surface area contributed by atoms with E-state index in [4.69, 9.17) is 9.84 Å². The smallest absolute Gasteiger partial charge is 0.341 e. The Morgan fingerprint density at radius 2 is 2.05 bits per heavy atom. The molecule has 0 fully saturated rings. The summed E-state index contributed by atoms with van der Waals surface area (Å²) in [6.45, 7) is 5.42.